The molecule has 0 spiro atoms. The molecule has 0 bridgehead atoms. The third-order valence-electron chi connectivity index (χ3n) is 4.03. The first-order chi connectivity index (χ1) is 13.0. The fourth-order valence-electron chi connectivity index (χ4n) is 2.65. The summed E-state index contributed by atoms with van der Waals surface area (Å²) < 4.78 is 32.2. The molecule has 1 fully saturated rings. The fraction of sp³-hybridized carbons (Fsp3) is 0.474. The zero-order chi connectivity index (χ0) is 20.9. The molecule has 1 N–H and O–H groups in total. The molecule has 0 aromatic heterocycles. The summed E-state index contributed by atoms with van der Waals surface area (Å²) in [6.45, 7) is 10.4. The summed E-state index contributed by atoms with van der Waals surface area (Å²) in [5.41, 5.74) is -0.289. The lowest BCUT2D eigenvalue weighted by molar-refractivity contribution is 0.0141. The normalized spacial score (nSPS) is 15.2. The maximum absolute atomic E-state index is 12.8. The van der Waals surface area contributed by atoms with Gasteiger partial charge in [-0.1, -0.05) is 12.1 Å². The molecule has 1 aliphatic rings. The molecule has 8 nitrogen and oxygen atoms in total. The van der Waals surface area contributed by atoms with Crippen molar-refractivity contribution in [2.24, 2.45) is 0 Å². The van der Waals surface area contributed by atoms with E-state index in [-0.39, 0.29) is 22.9 Å². The van der Waals surface area contributed by atoms with Gasteiger partial charge >= 0.3 is 6.09 Å². The number of hydrogen-bond acceptors (Lipinski definition) is 5. The van der Waals surface area contributed by atoms with E-state index in [1.54, 1.807) is 36.6 Å². The first kappa shape index (κ1) is 21.9. The zero-order valence-corrected chi connectivity index (χ0v) is 17.3. The van der Waals surface area contributed by atoms with Gasteiger partial charge in [-0.2, -0.15) is 0 Å². The summed E-state index contributed by atoms with van der Waals surface area (Å²) in [5.74, 6) is -0.274. The van der Waals surface area contributed by atoms with Crippen molar-refractivity contribution in [2.75, 3.05) is 32.7 Å². The predicted molar refractivity (Wildman–Crippen MR) is 106 cm³/mol. The summed E-state index contributed by atoms with van der Waals surface area (Å²) in [7, 11) is -3.71. The van der Waals surface area contributed by atoms with Crippen molar-refractivity contribution in [2.45, 2.75) is 31.3 Å². The topological polar surface area (TPSA) is 96.0 Å². The lowest BCUT2D eigenvalue weighted by atomic mass is 10.2. The second-order valence-electron chi connectivity index (χ2n) is 7.43. The second-order valence-corrected chi connectivity index (χ2v) is 9.19. The second kappa shape index (κ2) is 8.74. The number of ether oxygens (including phenoxy) is 1. The Balaban J connectivity index is 2.03. The molecule has 1 saturated heterocycles. The molecule has 0 saturated carbocycles. The van der Waals surface area contributed by atoms with E-state index >= 15 is 0 Å². The molecule has 2 rings (SSSR count). The first-order valence-corrected chi connectivity index (χ1v) is 10.5. The molecule has 0 unspecified atom stereocenters. The average Bonchev–Trinajstić information content (AvgIpc) is 2.64. The summed E-state index contributed by atoms with van der Waals surface area (Å²) in [5, 5.41) is 0. The van der Waals surface area contributed by atoms with Crippen LogP contribution in [0.1, 0.15) is 31.1 Å². The minimum absolute atomic E-state index is 0.0209. The molecule has 1 aliphatic heterocycles. The molecule has 0 atom stereocenters. The number of amides is 2. The smallest absolute Gasteiger partial charge is 0.410 e. The van der Waals surface area contributed by atoms with Gasteiger partial charge in [0.25, 0.3) is 5.91 Å². The van der Waals surface area contributed by atoms with Crippen LogP contribution in [0.4, 0.5) is 4.79 Å². The molecule has 1 aromatic carbocycles. The molecular weight excluding hydrogens is 382 g/mol. The van der Waals surface area contributed by atoms with E-state index < -0.39 is 21.7 Å². The lowest BCUT2D eigenvalue weighted by Gasteiger charge is -2.35. The van der Waals surface area contributed by atoms with Crippen LogP contribution in [0.5, 0.6) is 0 Å². The molecule has 154 valence electrons. The lowest BCUT2D eigenvalue weighted by Crippen LogP contribution is -2.51. The van der Waals surface area contributed by atoms with E-state index in [0.29, 0.717) is 26.2 Å². The Bertz CT molecular complexity index is 837. The number of sulfonamides is 1. The van der Waals surface area contributed by atoms with Gasteiger partial charge in [0.2, 0.25) is 10.0 Å². The zero-order valence-electron chi connectivity index (χ0n) is 16.5. The molecular formula is C19H27N3O5S. The number of benzene rings is 1. The number of hydrogen-bond donors (Lipinski definition) is 1. The van der Waals surface area contributed by atoms with Crippen molar-refractivity contribution in [1.29, 1.82) is 0 Å². The van der Waals surface area contributed by atoms with E-state index in [9.17, 15) is 18.0 Å². The highest BCUT2D eigenvalue weighted by Crippen LogP contribution is 2.16. The SMILES string of the molecule is C=CCNS(=O)(=O)c1cccc(C(=O)N2CCN(C(=O)OC(C)(C)C)CC2)c1. The molecule has 1 aromatic rings. The van der Waals surface area contributed by atoms with E-state index in [1.807, 2.05) is 0 Å². The molecule has 2 amide bonds. The van der Waals surface area contributed by atoms with Gasteiger partial charge in [-0.3, -0.25) is 4.79 Å². The number of piperazine rings is 1. The van der Waals surface area contributed by atoms with Gasteiger partial charge in [0.15, 0.2) is 0 Å². The van der Waals surface area contributed by atoms with Crippen molar-refractivity contribution in [3.63, 3.8) is 0 Å². The van der Waals surface area contributed by atoms with Crippen molar-refractivity contribution in [3.05, 3.63) is 42.5 Å². The minimum Gasteiger partial charge on any atom is -0.444 e. The van der Waals surface area contributed by atoms with Crippen LogP contribution in [-0.4, -0.2) is 68.5 Å². The number of nitrogens with zero attached hydrogens (tertiary/aromatic N) is 2. The maximum atomic E-state index is 12.8. The van der Waals surface area contributed by atoms with Gasteiger partial charge < -0.3 is 14.5 Å². The molecule has 28 heavy (non-hydrogen) atoms. The Kier molecular flexibility index (Phi) is 6.84. The minimum atomic E-state index is -3.71. The maximum Gasteiger partial charge on any atom is 0.410 e. The Hall–Kier alpha value is -2.39. The van der Waals surface area contributed by atoms with Crippen LogP contribution in [0, 0.1) is 0 Å². The van der Waals surface area contributed by atoms with Crippen molar-refractivity contribution >= 4 is 22.0 Å². The summed E-state index contributed by atoms with van der Waals surface area (Å²) in [6, 6.07) is 5.90. The van der Waals surface area contributed by atoms with Crippen LogP contribution < -0.4 is 4.72 Å². The highest BCUT2D eigenvalue weighted by molar-refractivity contribution is 7.89. The first-order valence-electron chi connectivity index (χ1n) is 9.01. The van der Waals surface area contributed by atoms with Crippen LogP contribution in [0.25, 0.3) is 0 Å². The largest absolute Gasteiger partial charge is 0.444 e. The van der Waals surface area contributed by atoms with E-state index in [0.717, 1.165) is 0 Å². The van der Waals surface area contributed by atoms with Crippen LogP contribution in [0.15, 0.2) is 41.8 Å². The van der Waals surface area contributed by atoms with E-state index in [2.05, 4.69) is 11.3 Å². The fourth-order valence-corrected chi connectivity index (χ4v) is 3.69. The van der Waals surface area contributed by atoms with Gasteiger partial charge in [0.1, 0.15) is 5.60 Å². The Morgan fingerprint density at radius 3 is 2.36 bits per heavy atom. The highest BCUT2D eigenvalue weighted by Gasteiger charge is 2.28. The van der Waals surface area contributed by atoms with Crippen LogP contribution >= 0.6 is 0 Å². The Labute approximate surface area is 166 Å². The number of carbonyl (C=O) groups excluding carboxylic acids is 2. The van der Waals surface area contributed by atoms with Gasteiger partial charge in [-0.25, -0.2) is 17.9 Å². The van der Waals surface area contributed by atoms with Gasteiger partial charge in [0.05, 0.1) is 4.90 Å². The Morgan fingerprint density at radius 1 is 1.18 bits per heavy atom. The van der Waals surface area contributed by atoms with Crippen LogP contribution in [0.3, 0.4) is 0 Å². The average molecular weight is 410 g/mol. The molecule has 0 aliphatic carbocycles. The predicted octanol–water partition coefficient (Wildman–Crippen LogP) is 1.84. The monoisotopic (exact) mass is 409 g/mol. The van der Waals surface area contributed by atoms with Crippen molar-refractivity contribution in [3.8, 4) is 0 Å². The van der Waals surface area contributed by atoms with Gasteiger partial charge in [-0.15, -0.1) is 6.58 Å². The quantitative estimate of drug-likeness (QED) is 0.749. The highest BCUT2D eigenvalue weighted by atomic mass is 32.2. The van der Waals surface area contributed by atoms with Crippen LogP contribution in [0.2, 0.25) is 0 Å². The summed E-state index contributed by atoms with van der Waals surface area (Å²) in [6.07, 6.45) is 1.04. The van der Waals surface area contributed by atoms with E-state index in [1.165, 1.54) is 24.3 Å². The third kappa shape index (κ3) is 5.80. The number of nitrogens with one attached hydrogen (secondary N) is 1. The molecule has 1 heterocycles. The van der Waals surface area contributed by atoms with Gasteiger partial charge in [-0.05, 0) is 39.0 Å². The standard InChI is InChI=1S/C19H27N3O5S/c1-5-9-20-28(25,26)16-8-6-7-15(14-16)17(23)21-10-12-22(13-11-21)18(24)27-19(2,3)4/h5-8,14,20H,1,9-13H2,2-4H3. The molecule has 0 radical (unpaired) electrons. The third-order valence-corrected chi connectivity index (χ3v) is 5.45. The Morgan fingerprint density at radius 2 is 1.79 bits per heavy atom. The van der Waals surface area contributed by atoms with E-state index in [4.69, 9.17) is 4.74 Å². The van der Waals surface area contributed by atoms with Crippen molar-refractivity contribution < 1.29 is 22.7 Å². The van der Waals surface area contributed by atoms with Gasteiger partial charge in [0, 0.05) is 38.3 Å². The number of carbonyl (C=O) groups is 2. The van der Waals surface area contributed by atoms with Crippen molar-refractivity contribution in [1.82, 2.24) is 14.5 Å². The summed E-state index contributed by atoms with van der Waals surface area (Å²) >= 11 is 0. The molecule has 9 heteroatoms. The van der Waals surface area contributed by atoms with Crippen LogP contribution in [-0.2, 0) is 14.8 Å². The number of rotatable bonds is 5. The summed E-state index contributed by atoms with van der Waals surface area (Å²) in [4.78, 5) is 28.1.